The zero-order chi connectivity index (χ0) is 21.6. The Morgan fingerprint density at radius 1 is 0.517 bits per heavy atom. The summed E-state index contributed by atoms with van der Waals surface area (Å²) in [6.45, 7) is 0. The summed E-state index contributed by atoms with van der Waals surface area (Å²) in [5.74, 6) is 0. The van der Waals surface area contributed by atoms with Gasteiger partial charge in [0.2, 0.25) is 10.5 Å². The summed E-state index contributed by atoms with van der Waals surface area (Å²) in [4.78, 5) is 100. The van der Waals surface area contributed by atoms with Gasteiger partial charge < -0.3 is 87.7 Å². The van der Waals surface area contributed by atoms with Crippen LogP contribution < -0.4 is 38.4 Å². The van der Waals surface area contributed by atoms with Crippen molar-refractivity contribution in [2.45, 2.75) is 0 Å². The van der Waals surface area contributed by atoms with Gasteiger partial charge in [-0.25, -0.2) is 0 Å². The lowest BCUT2D eigenvalue weighted by Gasteiger charge is -2.68. The second-order valence-electron chi connectivity index (χ2n) is 4.97. The van der Waals surface area contributed by atoms with Crippen molar-refractivity contribution < 1.29 is 87.7 Å². The molecule has 0 aliphatic carbocycles. The molecule has 4 heterocycles. The minimum absolute atomic E-state index is 2.16. The van der Waals surface area contributed by atoms with Crippen molar-refractivity contribution in [3.63, 3.8) is 0 Å². The molecule has 29 heavy (non-hydrogen) atoms. The fraction of sp³-hybridized carbons (Fsp3) is 0. The molecule has 4 aliphatic rings. The molecule has 20 nitrogen and oxygen atoms in total. The fourth-order valence-electron chi connectivity index (χ4n) is 2.04. The molecule has 0 aromatic carbocycles. The standard InChI is InChI=1S/O20Si9/c1-22-10-24(3)14-26(5)12-23(2,9-21)13-27(6)15-25(4,11-22)17-28(7,16-24)20-29(8,18-26)19-27/q-8. The van der Waals surface area contributed by atoms with Crippen molar-refractivity contribution >= 4 is 83.3 Å². The average Bonchev–Trinajstić information content (AvgIpc) is 2.36. The Morgan fingerprint density at radius 2 is 0.793 bits per heavy atom. The second-order valence-corrected chi connectivity index (χ2v) is 22.3. The summed E-state index contributed by atoms with van der Waals surface area (Å²) < 4.78 is 51.1. The van der Waals surface area contributed by atoms with Gasteiger partial charge in [-0.15, -0.1) is 0 Å². The normalized spacial score (nSPS) is 58.7. The van der Waals surface area contributed by atoms with Crippen molar-refractivity contribution in [2.75, 3.05) is 0 Å². The fourth-order valence-corrected chi connectivity index (χ4v) is 26.6. The van der Waals surface area contributed by atoms with Crippen LogP contribution in [0.3, 0.4) is 0 Å². The van der Waals surface area contributed by atoms with Gasteiger partial charge in [-0.1, -0.05) is 0 Å². The third-order valence-corrected chi connectivity index (χ3v) is 25.1. The lowest BCUT2D eigenvalue weighted by Crippen LogP contribution is -2.95. The first-order valence-electron chi connectivity index (χ1n) is 6.53. The van der Waals surface area contributed by atoms with E-state index < -0.39 is 72.9 Å². The van der Waals surface area contributed by atoms with Crippen molar-refractivity contribution in [1.29, 1.82) is 0 Å². The van der Waals surface area contributed by atoms with E-state index in [1.54, 1.807) is 0 Å². The Morgan fingerprint density at radius 3 is 1.10 bits per heavy atom. The molecule has 0 N–H and O–H groups in total. The van der Waals surface area contributed by atoms with Gasteiger partial charge in [0.15, 0.2) is 0 Å². The van der Waals surface area contributed by atoms with Gasteiger partial charge >= 0.3 is 63.3 Å². The zero-order valence-electron chi connectivity index (χ0n) is 12.7. The number of rotatable bonds is 1. The van der Waals surface area contributed by atoms with Gasteiger partial charge in [0.1, 0.15) is 0 Å². The molecular weight excluding hydrogens is 573 g/mol. The predicted octanol–water partition coefficient (Wildman–Crippen LogP) is -13.8. The van der Waals surface area contributed by atoms with E-state index in [1.807, 2.05) is 0 Å². The highest BCUT2D eigenvalue weighted by molar-refractivity contribution is 6.91. The number of hydrogen-bond acceptors (Lipinski definition) is 20. The Hall–Kier alpha value is 1.15. The van der Waals surface area contributed by atoms with Gasteiger partial charge in [0, 0.05) is 0 Å². The first-order chi connectivity index (χ1) is 13.0. The molecule has 0 amide bonds. The Kier molecular flexibility index (Phi) is 5.49. The molecule has 164 valence electrons. The van der Waals surface area contributed by atoms with Crippen LogP contribution in [0.4, 0.5) is 0 Å². The van der Waals surface area contributed by atoms with Crippen LogP contribution in [0.1, 0.15) is 0 Å². The summed E-state index contributed by atoms with van der Waals surface area (Å²) in [6, 6.07) is 0. The van der Waals surface area contributed by atoms with Gasteiger partial charge in [-0.3, -0.25) is 0 Å². The van der Waals surface area contributed by atoms with E-state index in [0.29, 0.717) is 0 Å². The molecule has 4 unspecified atom stereocenters. The molecule has 0 saturated carbocycles. The lowest BCUT2D eigenvalue weighted by molar-refractivity contribution is -0.415. The van der Waals surface area contributed by atoms with Crippen molar-refractivity contribution in [3.8, 4) is 0 Å². The van der Waals surface area contributed by atoms with Crippen LogP contribution in [-0.2, 0) is 49.4 Å². The molecule has 0 aromatic rings. The predicted molar refractivity (Wildman–Crippen MR) is 64.8 cm³/mol. The lowest BCUT2D eigenvalue weighted by atomic mass is 15.5. The molecule has 4 saturated heterocycles. The van der Waals surface area contributed by atoms with E-state index in [2.05, 4.69) is 59.9 Å². The molecule has 4 aliphatic heterocycles. The maximum Gasteiger partial charge on any atom is 0.387 e. The van der Waals surface area contributed by atoms with Gasteiger partial charge in [-0.2, -0.15) is 0 Å². The van der Waals surface area contributed by atoms with Gasteiger partial charge in [0.05, 0.1) is 0 Å². The molecule has 4 fully saturated rings. The van der Waals surface area contributed by atoms with Crippen LogP contribution in [0.25, 0.3) is 0 Å². The van der Waals surface area contributed by atoms with Crippen LogP contribution in [0.5, 0.6) is 0 Å². The van der Waals surface area contributed by atoms with Crippen molar-refractivity contribution in [1.82, 2.24) is 0 Å². The summed E-state index contributed by atoms with van der Waals surface area (Å²) in [6.07, 6.45) is 0. The number of fused-ring (bicyclic) bond motifs is 4. The van der Waals surface area contributed by atoms with Crippen molar-refractivity contribution in [3.05, 3.63) is 0 Å². The van der Waals surface area contributed by atoms with E-state index in [9.17, 15) is 38.4 Å². The van der Waals surface area contributed by atoms with Crippen LogP contribution in [0.15, 0.2) is 0 Å². The summed E-state index contributed by atoms with van der Waals surface area (Å²) in [7, 11) is -44.6. The molecule has 4 atom stereocenters. The second kappa shape index (κ2) is 6.83. The van der Waals surface area contributed by atoms with Crippen molar-refractivity contribution in [2.24, 2.45) is 0 Å². The van der Waals surface area contributed by atoms with E-state index in [-0.39, 0.29) is 0 Å². The third kappa shape index (κ3) is 4.63. The average molecular weight is 573 g/mol. The van der Waals surface area contributed by atoms with Crippen LogP contribution in [-0.4, -0.2) is 83.3 Å². The largest absolute Gasteiger partial charge is 0.817 e. The molecule has 0 spiro atoms. The first-order valence-corrected chi connectivity index (χ1v) is 19.6. The Bertz CT molecular complexity index is 635. The van der Waals surface area contributed by atoms with E-state index >= 15 is 0 Å². The molecule has 6 bridgehead atoms. The SMILES string of the molecule is [O-][Si]1O[Si]2([O-])O[Si]3([O-])O[Si]([O-])(O[Si])O[Si]4([O-])O[Si]([O-])(O1)O[Si]([O-])(O2)O[Si]([O-])(O3)O4. The van der Waals surface area contributed by atoms with E-state index in [0.717, 1.165) is 0 Å². The molecule has 0 aromatic heterocycles. The Labute approximate surface area is 171 Å². The highest BCUT2D eigenvalue weighted by Gasteiger charge is 2.62. The maximum absolute atomic E-state index is 12.7. The van der Waals surface area contributed by atoms with Crippen LogP contribution >= 0.6 is 0 Å². The highest BCUT2D eigenvalue weighted by atomic mass is 28.6. The van der Waals surface area contributed by atoms with Gasteiger partial charge in [-0.05, 0) is 0 Å². The Balaban J connectivity index is 1.93. The van der Waals surface area contributed by atoms with E-state index in [1.165, 1.54) is 0 Å². The number of hydrogen-bond donors (Lipinski definition) is 0. The quantitative estimate of drug-likeness (QED) is 0.263. The minimum Gasteiger partial charge on any atom is -0.817 e. The summed E-state index contributed by atoms with van der Waals surface area (Å²) >= 11 is 0. The third-order valence-electron chi connectivity index (χ3n) is 2.79. The van der Waals surface area contributed by atoms with Crippen LogP contribution in [0, 0.1) is 0 Å². The zero-order valence-corrected chi connectivity index (χ0v) is 21.7. The molecule has 29 heteroatoms. The molecular formula is O20Si9-8. The minimum atomic E-state index is -6.17. The van der Waals surface area contributed by atoms with E-state index in [4.69, 9.17) is 0 Å². The molecule has 4 rings (SSSR count). The monoisotopic (exact) mass is 572 g/mol. The maximum atomic E-state index is 12.7. The highest BCUT2D eigenvalue weighted by Crippen LogP contribution is 2.34. The molecule has 4 radical (unpaired) electrons. The van der Waals surface area contributed by atoms with Gasteiger partial charge in [0.25, 0.3) is 9.53 Å². The van der Waals surface area contributed by atoms with Crippen LogP contribution in [0.2, 0.25) is 0 Å². The summed E-state index contributed by atoms with van der Waals surface area (Å²) in [5.41, 5.74) is 0. The first kappa shape index (κ1) is 23.3. The smallest absolute Gasteiger partial charge is 0.387 e. The topological polar surface area (TPSA) is 295 Å². The summed E-state index contributed by atoms with van der Waals surface area (Å²) in [5, 5.41) is 0.